The van der Waals surface area contributed by atoms with Gasteiger partial charge in [0.05, 0.1) is 5.02 Å². The predicted octanol–water partition coefficient (Wildman–Crippen LogP) is 2.35. The molecule has 0 spiro atoms. The van der Waals surface area contributed by atoms with Crippen LogP contribution >= 0.6 is 35.6 Å². The Morgan fingerprint density at radius 3 is 2.56 bits per heavy atom. The van der Waals surface area contributed by atoms with Crippen molar-refractivity contribution in [1.29, 1.82) is 0 Å². The molecule has 2 rings (SSSR count). The highest BCUT2D eigenvalue weighted by molar-refractivity contribution is 6.35. The molecule has 1 saturated heterocycles. The summed E-state index contributed by atoms with van der Waals surface area (Å²) in [7, 11) is 0. The van der Waals surface area contributed by atoms with Gasteiger partial charge in [0, 0.05) is 36.3 Å². The van der Waals surface area contributed by atoms with Crippen molar-refractivity contribution in [3.8, 4) is 5.75 Å². The number of piperazine rings is 1. The summed E-state index contributed by atoms with van der Waals surface area (Å²) >= 11 is 11.8. The van der Waals surface area contributed by atoms with E-state index in [4.69, 9.17) is 23.2 Å². The Morgan fingerprint density at radius 2 is 2.00 bits per heavy atom. The van der Waals surface area contributed by atoms with E-state index >= 15 is 0 Å². The molecular formula is C10H13Cl3N2O. The smallest absolute Gasteiger partial charge is 0.123 e. The number of phenols is 1. The summed E-state index contributed by atoms with van der Waals surface area (Å²) in [5.74, 6) is 0.147. The Kier molecular flexibility index (Phi) is 5.15. The molecule has 90 valence electrons. The van der Waals surface area contributed by atoms with Gasteiger partial charge >= 0.3 is 0 Å². The molecule has 1 heterocycles. The molecule has 0 aromatic heterocycles. The van der Waals surface area contributed by atoms with Crippen LogP contribution in [-0.2, 0) is 0 Å². The number of phenolic OH excluding ortho intramolecular Hbond substituents is 1. The van der Waals surface area contributed by atoms with E-state index < -0.39 is 0 Å². The number of benzene rings is 1. The zero-order chi connectivity index (χ0) is 10.8. The minimum atomic E-state index is 0. The maximum atomic E-state index is 9.79. The maximum Gasteiger partial charge on any atom is 0.123 e. The van der Waals surface area contributed by atoms with Gasteiger partial charge in [-0.1, -0.05) is 23.2 Å². The van der Waals surface area contributed by atoms with Crippen LogP contribution in [-0.4, -0.2) is 24.7 Å². The second-order valence-electron chi connectivity index (χ2n) is 3.53. The van der Waals surface area contributed by atoms with E-state index in [2.05, 4.69) is 10.6 Å². The first-order chi connectivity index (χ1) is 7.18. The van der Waals surface area contributed by atoms with Crippen molar-refractivity contribution in [2.75, 3.05) is 19.6 Å². The molecule has 0 radical (unpaired) electrons. The third kappa shape index (κ3) is 2.93. The van der Waals surface area contributed by atoms with E-state index in [1.807, 2.05) is 0 Å². The molecule has 1 atom stereocenters. The Morgan fingerprint density at radius 1 is 1.25 bits per heavy atom. The minimum absolute atomic E-state index is 0. The lowest BCUT2D eigenvalue weighted by Gasteiger charge is -2.26. The fourth-order valence-corrected chi connectivity index (χ4v) is 2.39. The molecule has 1 fully saturated rings. The van der Waals surface area contributed by atoms with Crippen LogP contribution in [0.4, 0.5) is 0 Å². The van der Waals surface area contributed by atoms with Gasteiger partial charge in [0.25, 0.3) is 0 Å². The monoisotopic (exact) mass is 282 g/mol. The number of rotatable bonds is 1. The average molecular weight is 284 g/mol. The lowest BCUT2D eigenvalue weighted by Crippen LogP contribution is -2.42. The first-order valence-corrected chi connectivity index (χ1v) is 5.56. The molecule has 1 aromatic carbocycles. The Hall–Kier alpha value is -0.190. The van der Waals surface area contributed by atoms with Crippen LogP contribution < -0.4 is 10.6 Å². The van der Waals surface area contributed by atoms with E-state index in [0.29, 0.717) is 15.6 Å². The molecule has 6 heteroatoms. The zero-order valence-electron chi connectivity index (χ0n) is 8.46. The largest absolute Gasteiger partial charge is 0.507 e. The Bertz CT molecular complexity index is 344. The first kappa shape index (κ1) is 13.9. The highest BCUT2D eigenvalue weighted by Gasteiger charge is 2.20. The van der Waals surface area contributed by atoms with Crippen LogP contribution in [0, 0.1) is 0 Å². The number of halogens is 3. The number of hydrogen-bond acceptors (Lipinski definition) is 3. The van der Waals surface area contributed by atoms with Gasteiger partial charge in [-0.3, -0.25) is 0 Å². The molecular weight excluding hydrogens is 270 g/mol. The molecule has 1 aromatic rings. The summed E-state index contributed by atoms with van der Waals surface area (Å²) in [5, 5.41) is 17.3. The summed E-state index contributed by atoms with van der Waals surface area (Å²) in [6.07, 6.45) is 0. The van der Waals surface area contributed by atoms with Crippen molar-refractivity contribution >= 4 is 35.6 Å². The molecule has 0 unspecified atom stereocenters. The molecule has 0 saturated carbocycles. The van der Waals surface area contributed by atoms with Gasteiger partial charge in [-0.05, 0) is 12.1 Å². The molecule has 0 bridgehead atoms. The summed E-state index contributed by atoms with van der Waals surface area (Å²) in [4.78, 5) is 0. The summed E-state index contributed by atoms with van der Waals surface area (Å²) in [5.41, 5.74) is 0.716. The lowest BCUT2D eigenvalue weighted by molar-refractivity contribution is 0.404. The van der Waals surface area contributed by atoms with E-state index in [1.54, 1.807) is 6.07 Å². The van der Waals surface area contributed by atoms with Crippen molar-refractivity contribution in [2.24, 2.45) is 0 Å². The first-order valence-electron chi connectivity index (χ1n) is 4.80. The third-order valence-corrected chi connectivity index (χ3v) is 2.99. The Labute approximate surface area is 111 Å². The van der Waals surface area contributed by atoms with Gasteiger partial charge in [0.2, 0.25) is 0 Å². The molecule has 1 aliphatic rings. The van der Waals surface area contributed by atoms with Crippen molar-refractivity contribution in [1.82, 2.24) is 10.6 Å². The van der Waals surface area contributed by atoms with E-state index in [-0.39, 0.29) is 24.2 Å². The minimum Gasteiger partial charge on any atom is -0.507 e. The fourth-order valence-electron chi connectivity index (χ4n) is 1.77. The Balaban J connectivity index is 0.00000128. The molecule has 1 aliphatic heterocycles. The van der Waals surface area contributed by atoms with Gasteiger partial charge < -0.3 is 15.7 Å². The highest BCUT2D eigenvalue weighted by atomic mass is 35.5. The van der Waals surface area contributed by atoms with E-state index in [0.717, 1.165) is 19.6 Å². The topological polar surface area (TPSA) is 44.3 Å². The number of hydrogen-bond donors (Lipinski definition) is 3. The van der Waals surface area contributed by atoms with Crippen LogP contribution in [0.5, 0.6) is 5.75 Å². The van der Waals surface area contributed by atoms with Crippen molar-refractivity contribution in [3.05, 3.63) is 27.7 Å². The summed E-state index contributed by atoms with van der Waals surface area (Å²) < 4.78 is 0. The van der Waals surface area contributed by atoms with E-state index in [9.17, 15) is 5.11 Å². The van der Waals surface area contributed by atoms with Crippen LogP contribution in [0.15, 0.2) is 12.1 Å². The second kappa shape index (κ2) is 5.94. The van der Waals surface area contributed by atoms with Gasteiger partial charge in [-0.2, -0.15) is 0 Å². The van der Waals surface area contributed by atoms with Gasteiger partial charge in [0.15, 0.2) is 0 Å². The standard InChI is InChI=1S/C10H12Cl2N2O.ClH/c11-6-3-7(12)10(9(15)4-6)8-5-13-1-2-14-8;/h3-4,8,13-15H,1-2,5H2;1H/t8-;/m1./s1. The molecule has 16 heavy (non-hydrogen) atoms. The highest BCUT2D eigenvalue weighted by Crippen LogP contribution is 2.34. The quantitative estimate of drug-likeness (QED) is 0.741. The SMILES string of the molecule is Cl.Oc1cc(Cl)cc(Cl)c1[C@H]1CNCCN1. The lowest BCUT2D eigenvalue weighted by atomic mass is 10.0. The summed E-state index contributed by atoms with van der Waals surface area (Å²) in [6, 6.07) is 3.21. The molecule has 0 aliphatic carbocycles. The molecule has 3 nitrogen and oxygen atoms in total. The average Bonchev–Trinajstić information content (AvgIpc) is 2.17. The molecule has 3 N–H and O–H groups in total. The van der Waals surface area contributed by atoms with Crippen LogP contribution in [0.2, 0.25) is 10.0 Å². The van der Waals surface area contributed by atoms with Crippen LogP contribution in [0.3, 0.4) is 0 Å². The maximum absolute atomic E-state index is 9.79. The fraction of sp³-hybridized carbons (Fsp3) is 0.400. The van der Waals surface area contributed by atoms with E-state index in [1.165, 1.54) is 6.07 Å². The second-order valence-corrected chi connectivity index (χ2v) is 4.37. The third-order valence-electron chi connectivity index (χ3n) is 2.46. The normalized spacial score (nSPS) is 20.2. The van der Waals surface area contributed by atoms with Crippen LogP contribution in [0.25, 0.3) is 0 Å². The zero-order valence-corrected chi connectivity index (χ0v) is 10.8. The molecule has 0 amide bonds. The summed E-state index contributed by atoms with van der Waals surface area (Å²) in [6.45, 7) is 2.56. The van der Waals surface area contributed by atoms with Gasteiger partial charge in [-0.25, -0.2) is 0 Å². The van der Waals surface area contributed by atoms with Crippen molar-refractivity contribution < 1.29 is 5.11 Å². The number of nitrogens with one attached hydrogen (secondary N) is 2. The number of aromatic hydroxyl groups is 1. The van der Waals surface area contributed by atoms with Gasteiger partial charge in [0.1, 0.15) is 5.75 Å². The van der Waals surface area contributed by atoms with Gasteiger partial charge in [-0.15, -0.1) is 12.4 Å². The van der Waals surface area contributed by atoms with Crippen molar-refractivity contribution in [2.45, 2.75) is 6.04 Å². The van der Waals surface area contributed by atoms with Crippen molar-refractivity contribution in [3.63, 3.8) is 0 Å². The van der Waals surface area contributed by atoms with Crippen LogP contribution in [0.1, 0.15) is 11.6 Å². The predicted molar refractivity (Wildman–Crippen MR) is 69.0 cm³/mol.